The van der Waals surface area contributed by atoms with E-state index in [1.54, 1.807) is 0 Å². The molecule has 0 radical (unpaired) electrons. The van der Waals surface area contributed by atoms with Gasteiger partial charge in [0.15, 0.2) is 6.29 Å². The molecule has 1 aliphatic heterocycles. The van der Waals surface area contributed by atoms with Crippen LogP contribution in [0, 0.1) is 0 Å². The monoisotopic (exact) mass is 739 g/mol. The first-order chi connectivity index (χ1) is 24.0. The second-order valence-electron chi connectivity index (χ2n) is 14.2. The summed E-state index contributed by atoms with van der Waals surface area (Å²) in [5, 5.41) is 44.6. The molecule has 7 unspecified atom stereocenters. The van der Waals surface area contributed by atoms with Crippen molar-refractivity contribution in [3.63, 3.8) is 0 Å². The van der Waals surface area contributed by atoms with Crippen molar-refractivity contribution in [3.05, 3.63) is 0 Å². The second kappa shape index (κ2) is 29.5. The van der Waals surface area contributed by atoms with E-state index < -0.39 is 59.9 Å². The summed E-state index contributed by atoms with van der Waals surface area (Å²) in [6.07, 6.45) is 18.3. The lowest BCUT2D eigenvalue weighted by atomic mass is 9.99. The Bertz CT molecular complexity index is 925. The first-order valence-electron chi connectivity index (χ1n) is 19.9. The third-order valence-electron chi connectivity index (χ3n) is 9.67. The van der Waals surface area contributed by atoms with Crippen LogP contribution in [-0.2, 0) is 28.9 Å². The number of unbranched alkanes of at least 4 members (excludes halogenated alkanes) is 21. The largest absolute Gasteiger partial charge is 0.397 e. The van der Waals surface area contributed by atoms with Crippen LogP contribution in [-0.4, -0.2) is 95.4 Å². The number of aliphatic hydroxyl groups excluding tert-OH is 4. The predicted molar refractivity (Wildman–Crippen MR) is 195 cm³/mol. The van der Waals surface area contributed by atoms with Crippen LogP contribution < -0.4 is 5.32 Å². The van der Waals surface area contributed by atoms with Crippen molar-refractivity contribution in [2.75, 3.05) is 13.2 Å². The Labute approximate surface area is 303 Å². The normalized spacial score (nSPS) is 22.4. The summed E-state index contributed by atoms with van der Waals surface area (Å²) in [4.78, 5) is 12.9. The molecule has 1 saturated heterocycles. The third-order valence-corrected chi connectivity index (χ3v) is 10.1. The van der Waals surface area contributed by atoms with Crippen LogP contribution in [0.15, 0.2) is 0 Å². The summed E-state index contributed by atoms with van der Waals surface area (Å²) >= 11 is 0. The van der Waals surface area contributed by atoms with Crippen LogP contribution in [0.2, 0.25) is 0 Å². The lowest BCUT2D eigenvalue weighted by Crippen LogP contribution is -2.61. The first kappa shape index (κ1) is 47.1. The first-order valence-corrected chi connectivity index (χ1v) is 21.3. The molecule has 298 valence electrons. The number of hydrogen-bond acceptors (Lipinski definition) is 10. The molecule has 7 atom stereocenters. The molecule has 1 fully saturated rings. The molecular formula is C37H73NO11S. The van der Waals surface area contributed by atoms with E-state index in [1.165, 1.54) is 96.3 Å². The number of rotatable bonds is 33. The van der Waals surface area contributed by atoms with Gasteiger partial charge in [-0.3, -0.25) is 9.35 Å². The molecule has 0 aromatic heterocycles. The molecule has 13 heteroatoms. The van der Waals surface area contributed by atoms with E-state index in [2.05, 4.69) is 23.3 Å². The second-order valence-corrected chi connectivity index (χ2v) is 15.3. The maximum Gasteiger partial charge on any atom is 0.397 e. The summed E-state index contributed by atoms with van der Waals surface area (Å²) in [5.41, 5.74) is 0. The van der Waals surface area contributed by atoms with E-state index in [0.717, 1.165) is 51.4 Å². The highest BCUT2D eigenvalue weighted by atomic mass is 32.3. The summed E-state index contributed by atoms with van der Waals surface area (Å²) in [6, 6.07) is -0.848. The van der Waals surface area contributed by atoms with Gasteiger partial charge in [0.25, 0.3) is 0 Å². The Morgan fingerprint density at radius 1 is 0.720 bits per heavy atom. The quantitative estimate of drug-likeness (QED) is 0.0329. The third kappa shape index (κ3) is 22.9. The molecule has 0 aromatic rings. The van der Waals surface area contributed by atoms with Crippen molar-refractivity contribution in [3.8, 4) is 0 Å². The zero-order valence-electron chi connectivity index (χ0n) is 31.2. The van der Waals surface area contributed by atoms with Crippen LogP contribution in [0.4, 0.5) is 0 Å². The smallest absolute Gasteiger partial charge is 0.394 e. The number of amides is 1. The molecular weight excluding hydrogens is 666 g/mol. The number of carbonyl (C=O) groups excluding carboxylic acids is 1. The van der Waals surface area contributed by atoms with Crippen LogP contribution in [0.25, 0.3) is 0 Å². The van der Waals surface area contributed by atoms with Gasteiger partial charge in [0, 0.05) is 6.42 Å². The van der Waals surface area contributed by atoms with E-state index in [9.17, 15) is 33.6 Å². The summed E-state index contributed by atoms with van der Waals surface area (Å²) < 4.78 is 47.4. The molecule has 6 N–H and O–H groups in total. The molecule has 0 bridgehead atoms. The lowest BCUT2D eigenvalue weighted by Gasteiger charge is -2.41. The SMILES string of the molecule is CCCCCCCCCCCCCCC(O)C(COC1OC(CO)C(O)C(OS(=O)(=O)O)C1O)NC(=O)CCCCCCCCCCCCC. The van der Waals surface area contributed by atoms with Crippen molar-refractivity contribution < 1.29 is 51.8 Å². The average molecular weight is 740 g/mol. The van der Waals surface area contributed by atoms with Crippen molar-refractivity contribution in [1.82, 2.24) is 5.32 Å². The zero-order valence-corrected chi connectivity index (χ0v) is 32.0. The van der Waals surface area contributed by atoms with Gasteiger partial charge in [-0.05, 0) is 12.8 Å². The van der Waals surface area contributed by atoms with E-state index in [4.69, 9.17) is 14.0 Å². The van der Waals surface area contributed by atoms with Gasteiger partial charge in [-0.1, -0.05) is 155 Å². The Balaban J connectivity index is 2.60. The standard InChI is InChI=1S/C37H73NO11S/c1-3-5-7-9-11-13-15-17-18-20-22-24-26-31(40)30(38-33(41)27-25-23-21-19-16-14-12-10-8-6-4-2)29-47-37-35(43)36(49-50(44,45)46)34(42)32(28-39)48-37/h30-32,34-37,39-40,42-43H,3-29H2,1-2H3,(H,38,41)(H,44,45,46). The minimum Gasteiger partial charge on any atom is -0.394 e. The van der Waals surface area contributed by atoms with Gasteiger partial charge in [-0.15, -0.1) is 0 Å². The highest BCUT2D eigenvalue weighted by Gasteiger charge is 2.48. The van der Waals surface area contributed by atoms with Gasteiger partial charge in [0.05, 0.1) is 25.4 Å². The number of carbonyl (C=O) groups is 1. The van der Waals surface area contributed by atoms with E-state index in [-0.39, 0.29) is 12.5 Å². The number of nitrogens with one attached hydrogen (secondary N) is 1. The zero-order chi connectivity index (χ0) is 37.0. The highest BCUT2D eigenvalue weighted by Crippen LogP contribution is 2.26. The number of aliphatic hydroxyl groups is 4. The van der Waals surface area contributed by atoms with E-state index >= 15 is 0 Å². The Hall–Kier alpha value is -0.900. The molecule has 0 saturated carbocycles. The summed E-state index contributed by atoms with van der Waals surface area (Å²) in [5.74, 6) is -0.232. The van der Waals surface area contributed by atoms with Crippen molar-refractivity contribution in [2.45, 2.75) is 217 Å². The molecule has 50 heavy (non-hydrogen) atoms. The van der Waals surface area contributed by atoms with Crippen molar-refractivity contribution in [1.29, 1.82) is 0 Å². The molecule has 0 aliphatic carbocycles. The molecule has 1 aliphatic rings. The Kier molecular flexibility index (Phi) is 27.8. The van der Waals surface area contributed by atoms with Gasteiger partial charge >= 0.3 is 10.4 Å². The van der Waals surface area contributed by atoms with Crippen LogP contribution in [0.3, 0.4) is 0 Å². The van der Waals surface area contributed by atoms with Crippen LogP contribution in [0.1, 0.15) is 174 Å². The highest BCUT2D eigenvalue weighted by molar-refractivity contribution is 7.80. The van der Waals surface area contributed by atoms with Gasteiger partial charge in [-0.2, -0.15) is 8.42 Å². The minimum atomic E-state index is -5.06. The fourth-order valence-corrected chi connectivity index (χ4v) is 7.03. The maximum absolute atomic E-state index is 12.9. The van der Waals surface area contributed by atoms with Gasteiger partial charge in [0.2, 0.25) is 5.91 Å². The topological polar surface area (TPSA) is 192 Å². The molecule has 1 rings (SSSR count). The molecule has 1 heterocycles. The number of ether oxygens (including phenoxy) is 2. The van der Waals surface area contributed by atoms with Crippen molar-refractivity contribution >= 4 is 16.3 Å². The molecule has 12 nitrogen and oxygen atoms in total. The Morgan fingerprint density at radius 3 is 1.60 bits per heavy atom. The molecule has 1 amide bonds. The van der Waals surface area contributed by atoms with Crippen molar-refractivity contribution in [2.24, 2.45) is 0 Å². The van der Waals surface area contributed by atoms with Crippen LogP contribution in [0.5, 0.6) is 0 Å². The number of hydrogen-bond donors (Lipinski definition) is 6. The minimum absolute atomic E-state index is 0.232. The van der Waals surface area contributed by atoms with Gasteiger partial charge in [0.1, 0.15) is 24.4 Å². The summed E-state index contributed by atoms with van der Waals surface area (Å²) in [7, 11) is -5.06. The molecule has 0 spiro atoms. The average Bonchev–Trinajstić information content (AvgIpc) is 3.08. The lowest BCUT2D eigenvalue weighted by molar-refractivity contribution is -0.298. The van der Waals surface area contributed by atoms with E-state index in [0.29, 0.717) is 12.8 Å². The van der Waals surface area contributed by atoms with E-state index in [1.807, 2.05) is 0 Å². The fraction of sp³-hybridized carbons (Fsp3) is 0.973. The van der Waals surface area contributed by atoms with Crippen LogP contribution >= 0.6 is 0 Å². The van der Waals surface area contributed by atoms with Gasteiger partial charge < -0.3 is 35.2 Å². The summed E-state index contributed by atoms with van der Waals surface area (Å²) in [6.45, 7) is 3.40. The van der Waals surface area contributed by atoms with Gasteiger partial charge in [-0.25, -0.2) is 4.18 Å². The fourth-order valence-electron chi connectivity index (χ4n) is 6.52. The Morgan fingerprint density at radius 2 is 1.16 bits per heavy atom. The maximum atomic E-state index is 12.9. The predicted octanol–water partition coefficient (Wildman–Crippen LogP) is 6.27. The molecule has 0 aromatic carbocycles.